The van der Waals surface area contributed by atoms with Gasteiger partial charge >= 0.3 is 0 Å². The Balaban J connectivity index is 1.68. The highest BCUT2D eigenvalue weighted by Gasteiger charge is 2.22. The van der Waals surface area contributed by atoms with Gasteiger partial charge in [0.05, 0.1) is 6.54 Å². The van der Waals surface area contributed by atoms with Crippen LogP contribution in [0.4, 0.5) is 0 Å². The maximum Gasteiger partial charge on any atom is 0.251 e. The molecule has 1 aromatic rings. The van der Waals surface area contributed by atoms with Gasteiger partial charge in [-0.1, -0.05) is 17.2 Å². The molecule has 0 bridgehead atoms. The van der Waals surface area contributed by atoms with E-state index in [1.165, 1.54) is 0 Å². The van der Waals surface area contributed by atoms with Crippen LogP contribution in [0.15, 0.2) is 18.2 Å². The van der Waals surface area contributed by atoms with Crippen LogP contribution in [-0.2, 0) is 4.79 Å². The van der Waals surface area contributed by atoms with E-state index < -0.39 is 0 Å². The molecule has 5 heteroatoms. The Morgan fingerprint density at radius 3 is 2.15 bits per heavy atom. The van der Waals surface area contributed by atoms with Gasteiger partial charge in [-0.15, -0.1) is 0 Å². The van der Waals surface area contributed by atoms with Crippen molar-refractivity contribution in [1.29, 1.82) is 0 Å². The topological polar surface area (TPSA) is 70.2 Å². The molecule has 5 nitrogen and oxygen atoms in total. The fourth-order valence-corrected chi connectivity index (χ4v) is 3.72. The van der Waals surface area contributed by atoms with E-state index in [9.17, 15) is 9.59 Å². The van der Waals surface area contributed by atoms with Crippen LogP contribution in [0.3, 0.4) is 0 Å². The van der Waals surface area contributed by atoms with Crippen LogP contribution < -0.4 is 16.0 Å². The fraction of sp³-hybridized carbons (Fsp3) is 0.636. The van der Waals surface area contributed by atoms with Crippen molar-refractivity contribution in [2.24, 2.45) is 5.92 Å². The van der Waals surface area contributed by atoms with E-state index >= 15 is 0 Å². The number of rotatable bonds is 6. The third-order valence-corrected chi connectivity index (χ3v) is 4.95. The van der Waals surface area contributed by atoms with Crippen molar-refractivity contribution in [3.63, 3.8) is 0 Å². The van der Waals surface area contributed by atoms with Gasteiger partial charge in [-0.2, -0.15) is 0 Å². The first-order valence-corrected chi connectivity index (χ1v) is 10.0. The van der Waals surface area contributed by atoms with Crippen molar-refractivity contribution in [2.75, 3.05) is 13.1 Å². The van der Waals surface area contributed by atoms with Gasteiger partial charge in [-0.25, -0.2) is 0 Å². The van der Waals surface area contributed by atoms with E-state index in [-0.39, 0.29) is 17.4 Å². The summed E-state index contributed by atoms with van der Waals surface area (Å²) in [6.07, 6.45) is 4.25. The van der Waals surface area contributed by atoms with Gasteiger partial charge in [0.2, 0.25) is 5.91 Å². The summed E-state index contributed by atoms with van der Waals surface area (Å²) in [6, 6.07) is 6.34. The lowest BCUT2D eigenvalue weighted by Crippen LogP contribution is -2.47. The van der Waals surface area contributed by atoms with Crippen molar-refractivity contribution >= 4 is 11.8 Å². The minimum atomic E-state index is -0.190. The fourth-order valence-electron chi connectivity index (χ4n) is 3.72. The van der Waals surface area contributed by atoms with E-state index in [0.717, 1.165) is 48.9 Å². The lowest BCUT2D eigenvalue weighted by molar-refractivity contribution is -0.121. The summed E-state index contributed by atoms with van der Waals surface area (Å²) in [7, 11) is 0. The molecule has 27 heavy (non-hydrogen) atoms. The predicted octanol–water partition coefficient (Wildman–Crippen LogP) is 3.10. The molecule has 1 fully saturated rings. The molecule has 0 unspecified atom stereocenters. The Hall–Kier alpha value is -1.88. The number of benzene rings is 1. The molecule has 2 amide bonds. The lowest BCUT2D eigenvalue weighted by atomic mass is 9.86. The van der Waals surface area contributed by atoms with Crippen molar-refractivity contribution < 1.29 is 9.59 Å². The zero-order chi connectivity index (χ0) is 20.0. The van der Waals surface area contributed by atoms with Crippen LogP contribution in [0, 0.1) is 19.8 Å². The Bertz CT molecular complexity index is 636. The normalized spacial score (nSPS) is 20.2. The number of hydrogen-bond donors (Lipinski definition) is 3. The van der Waals surface area contributed by atoms with Gasteiger partial charge in [0, 0.05) is 23.7 Å². The second-order valence-corrected chi connectivity index (χ2v) is 8.98. The highest BCUT2D eigenvalue weighted by molar-refractivity contribution is 5.94. The van der Waals surface area contributed by atoms with Crippen LogP contribution in [0.25, 0.3) is 0 Å². The summed E-state index contributed by atoms with van der Waals surface area (Å²) in [6.45, 7) is 11.1. The molecular weight excluding hydrogens is 338 g/mol. The molecular formula is C22H35N3O2. The molecule has 1 saturated carbocycles. The minimum Gasteiger partial charge on any atom is -0.352 e. The van der Waals surface area contributed by atoms with Crippen LogP contribution in [0.2, 0.25) is 0 Å². The minimum absolute atomic E-state index is 0.0147. The number of nitrogens with one attached hydrogen (secondary N) is 3. The summed E-state index contributed by atoms with van der Waals surface area (Å²) in [5.41, 5.74) is 2.78. The molecule has 0 radical (unpaired) electrons. The quantitative estimate of drug-likeness (QED) is 0.718. The summed E-state index contributed by atoms with van der Waals surface area (Å²) in [4.78, 5) is 24.3. The van der Waals surface area contributed by atoms with Crippen molar-refractivity contribution in [3.8, 4) is 0 Å². The summed E-state index contributed by atoms with van der Waals surface area (Å²) < 4.78 is 0. The number of hydrogen-bond acceptors (Lipinski definition) is 3. The lowest BCUT2D eigenvalue weighted by Gasteiger charge is -2.29. The number of aryl methyl sites for hydroxylation is 2. The maximum atomic E-state index is 12.4. The molecule has 0 spiro atoms. The molecule has 0 heterocycles. The predicted molar refractivity (Wildman–Crippen MR) is 110 cm³/mol. The van der Waals surface area contributed by atoms with Gasteiger partial charge in [0.25, 0.3) is 5.91 Å². The van der Waals surface area contributed by atoms with E-state index in [4.69, 9.17) is 0 Å². The highest BCUT2D eigenvalue weighted by atomic mass is 16.2. The maximum absolute atomic E-state index is 12.4. The molecule has 2 rings (SSSR count). The van der Waals surface area contributed by atoms with E-state index in [1.54, 1.807) is 0 Å². The molecule has 1 aliphatic carbocycles. The van der Waals surface area contributed by atoms with Gasteiger partial charge in [0.15, 0.2) is 0 Å². The molecule has 150 valence electrons. The third kappa shape index (κ3) is 7.71. The Labute approximate surface area is 163 Å². The van der Waals surface area contributed by atoms with Gasteiger partial charge in [-0.3, -0.25) is 9.59 Å². The average molecular weight is 374 g/mol. The van der Waals surface area contributed by atoms with Crippen molar-refractivity contribution in [2.45, 2.75) is 71.9 Å². The standard InChI is InChI=1S/C22H35N3O2/c1-15-10-16(2)12-18(11-15)21(27)24-13-17-6-8-19(9-7-17)23-14-20(26)25-22(3,4)5/h10-12,17,19,23H,6-9,13-14H2,1-5H3,(H,24,27)(H,25,26)/t17-,19+. The first-order valence-electron chi connectivity index (χ1n) is 10.0. The molecule has 0 atom stereocenters. The van der Waals surface area contributed by atoms with Gasteiger partial charge in [-0.05, 0) is 78.4 Å². The number of carbonyl (C=O) groups excluding carboxylic acids is 2. The SMILES string of the molecule is Cc1cc(C)cc(C(=O)NC[C@H]2CC[C@@H](NCC(=O)NC(C)(C)C)CC2)c1. The highest BCUT2D eigenvalue weighted by Crippen LogP contribution is 2.23. The van der Waals surface area contributed by atoms with Crippen molar-refractivity contribution in [1.82, 2.24) is 16.0 Å². The van der Waals surface area contributed by atoms with E-state index in [2.05, 4.69) is 22.0 Å². The smallest absolute Gasteiger partial charge is 0.251 e. The molecule has 0 aromatic heterocycles. The number of carbonyl (C=O) groups is 2. The third-order valence-electron chi connectivity index (χ3n) is 4.95. The monoisotopic (exact) mass is 373 g/mol. The van der Waals surface area contributed by atoms with E-state index in [0.29, 0.717) is 18.5 Å². The Kier molecular flexibility index (Phi) is 7.42. The average Bonchev–Trinajstić information content (AvgIpc) is 2.56. The zero-order valence-electron chi connectivity index (χ0n) is 17.4. The van der Waals surface area contributed by atoms with Crippen molar-refractivity contribution in [3.05, 3.63) is 34.9 Å². The summed E-state index contributed by atoms with van der Waals surface area (Å²) >= 11 is 0. The number of amides is 2. The van der Waals surface area contributed by atoms with Crippen LogP contribution in [0.5, 0.6) is 0 Å². The van der Waals surface area contributed by atoms with E-state index in [1.807, 2.05) is 46.8 Å². The molecule has 0 saturated heterocycles. The first-order chi connectivity index (χ1) is 12.6. The molecule has 1 aliphatic rings. The van der Waals surface area contributed by atoms with Crippen LogP contribution >= 0.6 is 0 Å². The van der Waals surface area contributed by atoms with Gasteiger partial charge < -0.3 is 16.0 Å². The summed E-state index contributed by atoms with van der Waals surface area (Å²) in [5, 5.41) is 9.43. The Morgan fingerprint density at radius 1 is 1.00 bits per heavy atom. The second-order valence-electron chi connectivity index (χ2n) is 8.98. The van der Waals surface area contributed by atoms with Crippen LogP contribution in [-0.4, -0.2) is 36.5 Å². The molecule has 1 aromatic carbocycles. The largest absolute Gasteiger partial charge is 0.352 e. The summed E-state index contributed by atoms with van der Waals surface area (Å²) in [5.74, 6) is 0.576. The van der Waals surface area contributed by atoms with Crippen LogP contribution in [0.1, 0.15) is 67.9 Å². The zero-order valence-corrected chi connectivity index (χ0v) is 17.4. The molecule has 0 aliphatic heterocycles. The Morgan fingerprint density at radius 2 is 1.59 bits per heavy atom. The second kappa shape index (κ2) is 9.36. The van der Waals surface area contributed by atoms with Gasteiger partial charge in [0.1, 0.15) is 0 Å². The first kappa shape index (κ1) is 21.4. The molecule has 3 N–H and O–H groups in total.